The molecular formula is C28H38ClN3O4. The van der Waals surface area contributed by atoms with E-state index >= 15 is 0 Å². The molecule has 0 amide bonds. The Kier molecular flexibility index (Phi) is 9.46. The topological polar surface area (TPSA) is 62.3 Å². The average molecular weight is 516 g/mol. The molecule has 2 fully saturated rings. The quantitative estimate of drug-likeness (QED) is 0.323. The van der Waals surface area contributed by atoms with Crippen LogP contribution in [0.15, 0.2) is 46.8 Å². The van der Waals surface area contributed by atoms with Gasteiger partial charge < -0.3 is 24.2 Å². The lowest BCUT2D eigenvalue weighted by atomic mass is 9.78. The van der Waals surface area contributed by atoms with Crippen molar-refractivity contribution in [3.8, 4) is 0 Å². The molecule has 1 aromatic carbocycles. The first kappa shape index (κ1) is 26.7. The van der Waals surface area contributed by atoms with Crippen LogP contribution in [0.25, 0.3) is 0 Å². The lowest BCUT2D eigenvalue weighted by molar-refractivity contribution is -0.136. The molecule has 1 atom stereocenters. The Bertz CT molecular complexity index is 996. The Balaban J connectivity index is 1.80. The predicted molar refractivity (Wildman–Crippen MR) is 141 cm³/mol. The first-order chi connectivity index (χ1) is 17.5. The Hall–Kier alpha value is -2.35. The van der Waals surface area contributed by atoms with Crippen LogP contribution in [0.5, 0.6) is 0 Å². The van der Waals surface area contributed by atoms with Crippen molar-refractivity contribution in [2.45, 2.75) is 44.4 Å². The summed E-state index contributed by atoms with van der Waals surface area (Å²) in [6.45, 7) is 6.77. The number of ether oxygens (including phenoxy) is 2. The van der Waals surface area contributed by atoms with Gasteiger partial charge in [-0.3, -0.25) is 4.79 Å². The molecule has 3 heterocycles. The highest BCUT2D eigenvalue weighted by atomic mass is 35.5. The highest BCUT2D eigenvalue weighted by molar-refractivity contribution is 6.31. The standard InChI is InChI=1S/C28H38ClN3O4/c1-30-24(11-17-31-13-5-6-14-31)22(19-36-20-33)26(21-9-3-4-10-23(21)29)27(28(34)35-2)25(30)12-18-32-15-7-8-16-32/h3-4,9-10,20,26H,5-8,11-19H2,1-2H3. The van der Waals surface area contributed by atoms with Gasteiger partial charge in [0.25, 0.3) is 6.47 Å². The first-order valence-corrected chi connectivity index (χ1v) is 13.4. The summed E-state index contributed by atoms with van der Waals surface area (Å²) in [4.78, 5) is 31.8. The van der Waals surface area contributed by atoms with Crippen LogP contribution in [-0.2, 0) is 19.1 Å². The third kappa shape index (κ3) is 5.96. The maximum Gasteiger partial charge on any atom is 0.336 e. The second-order valence-corrected chi connectivity index (χ2v) is 10.2. The van der Waals surface area contributed by atoms with Crippen LogP contribution in [0, 0.1) is 0 Å². The molecule has 0 bridgehead atoms. The summed E-state index contributed by atoms with van der Waals surface area (Å²) in [6.07, 6.45) is 6.43. The third-order valence-corrected chi connectivity index (χ3v) is 8.13. The number of rotatable bonds is 11. The van der Waals surface area contributed by atoms with Gasteiger partial charge in [0, 0.05) is 55.3 Å². The van der Waals surface area contributed by atoms with Gasteiger partial charge in [0.05, 0.1) is 12.7 Å². The Morgan fingerprint density at radius 2 is 1.58 bits per heavy atom. The molecule has 0 N–H and O–H groups in total. The van der Waals surface area contributed by atoms with E-state index in [9.17, 15) is 9.59 Å². The van der Waals surface area contributed by atoms with Gasteiger partial charge in [-0.15, -0.1) is 0 Å². The van der Waals surface area contributed by atoms with Gasteiger partial charge in [-0.25, -0.2) is 4.79 Å². The van der Waals surface area contributed by atoms with Crippen LogP contribution in [0.2, 0.25) is 5.02 Å². The van der Waals surface area contributed by atoms with E-state index in [1.165, 1.54) is 32.8 Å². The van der Waals surface area contributed by atoms with Gasteiger partial charge in [-0.2, -0.15) is 0 Å². The van der Waals surface area contributed by atoms with Crippen molar-refractivity contribution in [3.63, 3.8) is 0 Å². The second kappa shape index (κ2) is 12.7. The highest BCUT2D eigenvalue weighted by Gasteiger charge is 2.39. The predicted octanol–water partition coefficient (Wildman–Crippen LogP) is 4.20. The van der Waals surface area contributed by atoms with E-state index in [1.54, 1.807) is 0 Å². The molecule has 36 heavy (non-hydrogen) atoms. The molecule has 0 aromatic heterocycles. The minimum Gasteiger partial charge on any atom is -0.466 e. The minimum atomic E-state index is -0.440. The number of methoxy groups -OCH3 is 1. The van der Waals surface area contributed by atoms with Crippen molar-refractivity contribution in [1.29, 1.82) is 0 Å². The summed E-state index contributed by atoms with van der Waals surface area (Å²) in [5.41, 5.74) is 4.36. The minimum absolute atomic E-state index is 0.0962. The molecule has 1 aromatic rings. The molecule has 4 rings (SSSR count). The summed E-state index contributed by atoms with van der Waals surface area (Å²) >= 11 is 6.73. The number of benzene rings is 1. The third-order valence-electron chi connectivity index (χ3n) is 7.78. The van der Waals surface area contributed by atoms with Crippen LogP contribution in [0.3, 0.4) is 0 Å². The molecule has 0 saturated carbocycles. The average Bonchev–Trinajstić information content (AvgIpc) is 3.60. The van der Waals surface area contributed by atoms with Crippen molar-refractivity contribution in [2.75, 3.05) is 60.0 Å². The van der Waals surface area contributed by atoms with Crippen LogP contribution >= 0.6 is 11.6 Å². The normalized spacial score (nSPS) is 21.4. The zero-order valence-electron chi connectivity index (χ0n) is 21.5. The summed E-state index contributed by atoms with van der Waals surface area (Å²) in [5, 5.41) is 0.579. The van der Waals surface area contributed by atoms with Crippen molar-refractivity contribution < 1.29 is 19.1 Å². The van der Waals surface area contributed by atoms with E-state index in [1.807, 2.05) is 31.3 Å². The Morgan fingerprint density at radius 1 is 1.00 bits per heavy atom. The number of likely N-dealkylation sites (tertiary alicyclic amines) is 2. The number of hydrogen-bond acceptors (Lipinski definition) is 7. The molecule has 7 nitrogen and oxygen atoms in total. The largest absolute Gasteiger partial charge is 0.466 e. The smallest absolute Gasteiger partial charge is 0.336 e. The lowest BCUT2D eigenvalue weighted by Gasteiger charge is -2.40. The zero-order valence-corrected chi connectivity index (χ0v) is 22.3. The number of nitrogens with zero attached hydrogens (tertiary/aromatic N) is 3. The van der Waals surface area contributed by atoms with E-state index in [-0.39, 0.29) is 12.6 Å². The summed E-state index contributed by atoms with van der Waals surface area (Å²) in [5.74, 6) is -0.810. The SMILES string of the molecule is COC(=O)C1=C(CCN2CCCC2)N(C)C(CCN2CCCC2)=C(COC=O)C1c1ccccc1Cl. The molecule has 2 saturated heterocycles. The first-order valence-electron chi connectivity index (χ1n) is 13.1. The lowest BCUT2D eigenvalue weighted by Crippen LogP contribution is -2.36. The van der Waals surface area contributed by atoms with E-state index in [2.05, 4.69) is 14.7 Å². The van der Waals surface area contributed by atoms with Crippen LogP contribution in [0.4, 0.5) is 0 Å². The highest BCUT2D eigenvalue weighted by Crippen LogP contribution is 2.45. The van der Waals surface area contributed by atoms with E-state index < -0.39 is 5.92 Å². The Labute approximate surface area is 219 Å². The monoisotopic (exact) mass is 515 g/mol. The molecule has 1 unspecified atom stereocenters. The fourth-order valence-corrected chi connectivity index (χ4v) is 6.17. The maximum atomic E-state index is 13.4. The van der Waals surface area contributed by atoms with Gasteiger partial charge >= 0.3 is 5.97 Å². The number of carbonyl (C=O) groups is 2. The fourth-order valence-electron chi connectivity index (χ4n) is 5.93. The molecule has 0 aliphatic carbocycles. The van der Waals surface area contributed by atoms with Crippen LogP contribution < -0.4 is 0 Å². The summed E-state index contributed by atoms with van der Waals surface area (Å²) < 4.78 is 10.7. The molecule has 3 aliphatic heterocycles. The maximum absolute atomic E-state index is 13.4. The van der Waals surface area contributed by atoms with Gasteiger partial charge in [0.2, 0.25) is 0 Å². The van der Waals surface area contributed by atoms with E-state index in [0.717, 1.165) is 74.6 Å². The summed E-state index contributed by atoms with van der Waals surface area (Å²) in [6, 6.07) is 7.62. The zero-order chi connectivity index (χ0) is 25.5. The fraction of sp³-hybridized carbons (Fsp3) is 0.571. The van der Waals surface area contributed by atoms with Gasteiger partial charge in [0.1, 0.15) is 6.61 Å². The van der Waals surface area contributed by atoms with Crippen molar-refractivity contribution in [2.24, 2.45) is 0 Å². The molecule has 0 spiro atoms. The van der Waals surface area contributed by atoms with Crippen molar-refractivity contribution in [1.82, 2.24) is 14.7 Å². The number of hydrogen-bond donors (Lipinski definition) is 0. The summed E-state index contributed by atoms with van der Waals surface area (Å²) in [7, 11) is 3.45. The number of esters is 1. The molecule has 0 radical (unpaired) electrons. The number of carbonyl (C=O) groups excluding carboxylic acids is 2. The second-order valence-electron chi connectivity index (χ2n) is 9.84. The van der Waals surface area contributed by atoms with Crippen molar-refractivity contribution in [3.05, 3.63) is 57.4 Å². The van der Waals surface area contributed by atoms with Crippen LogP contribution in [0.1, 0.15) is 50.0 Å². The van der Waals surface area contributed by atoms with Crippen molar-refractivity contribution >= 4 is 24.0 Å². The van der Waals surface area contributed by atoms with Crippen LogP contribution in [-0.4, -0.2) is 87.2 Å². The van der Waals surface area contributed by atoms with Gasteiger partial charge in [-0.1, -0.05) is 29.8 Å². The molecule has 196 valence electrons. The Morgan fingerprint density at radius 3 is 2.14 bits per heavy atom. The molecule has 3 aliphatic rings. The number of halogens is 1. The van der Waals surface area contributed by atoms with E-state index in [0.29, 0.717) is 17.1 Å². The van der Waals surface area contributed by atoms with Gasteiger partial charge in [-0.05, 0) is 69.1 Å². The van der Waals surface area contributed by atoms with E-state index in [4.69, 9.17) is 21.1 Å². The van der Waals surface area contributed by atoms with Gasteiger partial charge in [0.15, 0.2) is 0 Å². The molecular weight excluding hydrogens is 478 g/mol. The molecule has 8 heteroatoms.